The van der Waals surface area contributed by atoms with Crippen LogP contribution in [0.25, 0.3) is 0 Å². The number of hydrogen-bond donors (Lipinski definition) is 0. The molecule has 0 saturated heterocycles. The summed E-state index contributed by atoms with van der Waals surface area (Å²) in [4.78, 5) is 38.1. The van der Waals surface area contributed by atoms with Crippen LogP contribution in [-0.2, 0) is 28.6 Å². The maximum Gasteiger partial charge on any atom is 0.306 e. The smallest absolute Gasteiger partial charge is 0.306 e. The highest BCUT2D eigenvalue weighted by Gasteiger charge is 2.19. The van der Waals surface area contributed by atoms with E-state index in [1.165, 1.54) is 83.5 Å². The summed E-state index contributed by atoms with van der Waals surface area (Å²) >= 11 is 0. The predicted octanol–water partition coefficient (Wildman–Crippen LogP) is 18.5. The van der Waals surface area contributed by atoms with Crippen molar-refractivity contribution in [2.45, 2.75) is 239 Å². The minimum atomic E-state index is -0.831. The molecule has 6 nitrogen and oxygen atoms in total. The Morgan fingerprint density at radius 2 is 0.647 bits per heavy atom. The van der Waals surface area contributed by atoms with Crippen molar-refractivity contribution in [1.29, 1.82) is 0 Å². The molecule has 0 spiro atoms. The van der Waals surface area contributed by atoms with Gasteiger partial charge in [0.1, 0.15) is 13.2 Å². The number of allylic oxidation sites excluding steroid dienone is 20. The van der Waals surface area contributed by atoms with Crippen LogP contribution < -0.4 is 0 Å². The topological polar surface area (TPSA) is 78.9 Å². The Bertz CT molecular complexity index is 1450. The van der Waals surface area contributed by atoms with E-state index in [0.29, 0.717) is 19.3 Å². The van der Waals surface area contributed by atoms with E-state index in [2.05, 4.69) is 130 Å². The first kappa shape index (κ1) is 63.8. The normalized spacial score (nSPS) is 13.0. The molecular formula is C62H100O6. The fourth-order valence-corrected chi connectivity index (χ4v) is 7.10. The van der Waals surface area contributed by atoms with Crippen molar-refractivity contribution in [3.63, 3.8) is 0 Å². The molecule has 0 aliphatic rings. The van der Waals surface area contributed by atoms with E-state index in [9.17, 15) is 14.4 Å². The Labute approximate surface area is 418 Å². The highest BCUT2D eigenvalue weighted by Crippen LogP contribution is 2.13. The van der Waals surface area contributed by atoms with Crippen LogP contribution in [0.3, 0.4) is 0 Å². The Kier molecular flexibility index (Phi) is 52.0. The lowest BCUT2D eigenvalue weighted by molar-refractivity contribution is -0.166. The van der Waals surface area contributed by atoms with Crippen molar-refractivity contribution >= 4 is 17.9 Å². The van der Waals surface area contributed by atoms with E-state index in [1.54, 1.807) is 0 Å². The van der Waals surface area contributed by atoms with Crippen LogP contribution in [-0.4, -0.2) is 37.2 Å². The molecule has 68 heavy (non-hydrogen) atoms. The molecule has 0 amide bonds. The van der Waals surface area contributed by atoms with Gasteiger partial charge in [0.2, 0.25) is 0 Å². The van der Waals surface area contributed by atoms with Crippen LogP contribution >= 0.6 is 0 Å². The molecule has 0 rings (SSSR count). The zero-order valence-corrected chi connectivity index (χ0v) is 43.8. The average Bonchev–Trinajstić information content (AvgIpc) is 3.34. The second-order valence-corrected chi connectivity index (χ2v) is 17.8. The number of ether oxygens (including phenoxy) is 3. The molecule has 0 aliphatic heterocycles. The number of esters is 3. The maximum atomic E-state index is 12.8. The highest BCUT2D eigenvalue weighted by atomic mass is 16.6. The van der Waals surface area contributed by atoms with Gasteiger partial charge in [-0.3, -0.25) is 14.4 Å². The van der Waals surface area contributed by atoms with Gasteiger partial charge >= 0.3 is 17.9 Å². The predicted molar refractivity (Wildman–Crippen MR) is 293 cm³/mol. The fourth-order valence-electron chi connectivity index (χ4n) is 7.10. The lowest BCUT2D eigenvalue weighted by Crippen LogP contribution is -2.30. The number of carbonyl (C=O) groups is 3. The molecule has 1 atom stereocenters. The van der Waals surface area contributed by atoms with Crippen LogP contribution in [0.5, 0.6) is 0 Å². The van der Waals surface area contributed by atoms with Crippen LogP contribution in [0.2, 0.25) is 0 Å². The summed E-state index contributed by atoms with van der Waals surface area (Å²) in [6, 6.07) is 0. The first-order valence-electron chi connectivity index (χ1n) is 27.6. The molecule has 0 aromatic rings. The third-order valence-corrected chi connectivity index (χ3v) is 11.2. The molecule has 0 N–H and O–H groups in total. The molecule has 0 bridgehead atoms. The minimum Gasteiger partial charge on any atom is -0.462 e. The number of hydrogen-bond acceptors (Lipinski definition) is 6. The lowest BCUT2D eigenvalue weighted by atomic mass is 10.1. The summed E-state index contributed by atoms with van der Waals surface area (Å²) in [6.07, 6.45) is 76.2. The second-order valence-electron chi connectivity index (χ2n) is 17.8. The van der Waals surface area contributed by atoms with Crippen molar-refractivity contribution in [2.24, 2.45) is 0 Å². The monoisotopic (exact) mass is 941 g/mol. The molecule has 0 saturated carbocycles. The number of carbonyl (C=O) groups excluding carboxylic acids is 3. The molecule has 384 valence electrons. The van der Waals surface area contributed by atoms with Crippen molar-refractivity contribution in [3.8, 4) is 0 Å². The maximum absolute atomic E-state index is 12.8. The Balaban J connectivity index is 4.58. The zero-order chi connectivity index (χ0) is 49.3. The minimum absolute atomic E-state index is 0.121. The number of rotatable bonds is 48. The third kappa shape index (κ3) is 52.8. The van der Waals surface area contributed by atoms with E-state index in [-0.39, 0.29) is 44.0 Å². The molecule has 0 heterocycles. The van der Waals surface area contributed by atoms with Crippen molar-refractivity contribution in [3.05, 3.63) is 122 Å². The standard InChI is InChI=1S/C62H100O6/c1-4-7-10-13-16-19-22-25-28-30-31-32-35-37-40-43-46-49-52-55-61(64)67-58-59(57-66-60(63)54-51-48-45-42-39-36-33-27-24-21-18-15-12-9-6-3)68-62(65)56-53-50-47-44-41-38-34-29-26-23-20-17-14-11-8-5-2/h7,10,16,18-19,21,24-25,27-29,31-32,34,37-38,40-41,46,49,59H,4-6,8-9,11-15,17,20,22-23,26,30,33,35-36,39,42-45,47-48,50-58H2,1-3H3/b10-7-,19-16-,21-18-,27-24-,28-25-,32-31-,34-29-,40-37-,41-38-,49-46-. The Morgan fingerprint density at radius 3 is 1.09 bits per heavy atom. The van der Waals surface area contributed by atoms with Gasteiger partial charge in [0, 0.05) is 19.3 Å². The first-order valence-corrected chi connectivity index (χ1v) is 27.6. The Morgan fingerprint density at radius 1 is 0.324 bits per heavy atom. The molecule has 6 heteroatoms. The Hall–Kier alpha value is -4.19. The van der Waals surface area contributed by atoms with Gasteiger partial charge < -0.3 is 14.2 Å². The van der Waals surface area contributed by atoms with Crippen LogP contribution in [0, 0.1) is 0 Å². The van der Waals surface area contributed by atoms with Crippen LogP contribution in [0.1, 0.15) is 233 Å². The van der Waals surface area contributed by atoms with Gasteiger partial charge in [0.25, 0.3) is 0 Å². The molecule has 0 aromatic heterocycles. The summed E-state index contributed by atoms with van der Waals surface area (Å²) in [7, 11) is 0. The summed E-state index contributed by atoms with van der Waals surface area (Å²) in [5.41, 5.74) is 0. The quantitative estimate of drug-likeness (QED) is 0.0199. The molecule has 0 aromatic carbocycles. The van der Waals surface area contributed by atoms with Gasteiger partial charge in [0.15, 0.2) is 6.10 Å². The second kappa shape index (κ2) is 55.4. The van der Waals surface area contributed by atoms with Crippen molar-refractivity contribution < 1.29 is 28.6 Å². The zero-order valence-electron chi connectivity index (χ0n) is 43.8. The molecule has 0 fully saturated rings. The summed E-state index contributed by atoms with van der Waals surface area (Å²) < 4.78 is 16.7. The molecule has 0 radical (unpaired) electrons. The van der Waals surface area contributed by atoms with Crippen molar-refractivity contribution in [2.75, 3.05) is 13.2 Å². The van der Waals surface area contributed by atoms with Gasteiger partial charge in [0.05, 0.1) is 0 Å². The van der Waals surface area contributed by atoms with Gasteiger partial charge in [-0.05, 0) is 109 Å². The average molecular weight is 941 g/mol. The largest absolute Gasteiger partial charge is 0.462 e. The van der Waals surface area contributed by atoms with E-state index in [0.717, 1.165) is 96.3 Å². The third-order valence-electron chi connectivity index (χ3n) is 11.2. The number of unbranched alkanes of at least 4 members (excludes halogenated alkanes) is 19. The van der Waals surface area contributed by atoms with Gasteiger partial charge in [-0.25, -0.2) is 0 Å². The van der Waals surface area contributed by atoms with E-state index in [1.807, 2.05) is 12.2 Å². The summed E-state index contributed by atoms with van der Waals surface area (Å²) in [6.45, 7) is 6.38. The van der Waals surface area contributed by atoms with Gasteiger partial charge in [-0.1, -0.05) is 226 Å². The van der Waals surface area contributed by atoms with Gasteiger partial charge in [-0.15, -0.1) is 0 Å². The van der Waals surface area contributed by atoms with Crippen LogP contribution in [0.4, 0.5) is 0 Å². The van der Waals surface area contributed by atoms with E-state index >= 15 is 0 Å². The lowest BCUT2D eigenvalue weighted by Gasteiger charge is -2.18. The van der Waals surface area contributed by atoms with E-state index < -0.39 is 6.10 Å². The SMILES string of the molecule is CC/C=C\C/C=C\C/C=C\C/C=C\C/C=C\C/C=C\CCC(=O)OCC(COC(=O)CCCCCCCC/C=C\C=C/CCCCC)OC(=O)CCCCC/C=C\C=C/CCCCCCCCC. The summed E-state index contributed by atoms with van der Waals surface area (Å²) in [5.74, 6) is -1.05. The summed E-state index contributed by atoms with van der Waals surface area (Å²) in [5, 5.41) is 0. The highest BCUT2D eigenvalue weighted by molar-refractivity contribution is 5.71. The van der Waals surface area contributed by atoms with E-state index in [4.69, 9.17) is 14.2 Å². The molecular weight excluding hydrogens is 841 g/mol. The molecule has 1 unspecified atom stereocenters. The first-order chi connectivity index (χ1) is 33.5. The van der Waals surface area contributed by atoms with Crippen LogP contribution in [0.15, 0.2) is 122 Å². The van der Waals surface area contributed by atoms with Gasteiger partial charge in [-0.2, -0.15) is 0 Å². The van der Waals surface area contributed by atoms with Crippen molar-refractivity contribution in [1.82, 2.24) is 0 Å². The molecule has 0 aliphatic carbocycles. The fraction of sp³-hybridized carbons (Fsp3) is 0.629.